The van der Waals surface area contributed by atoms with Crippen molar-refractivity contribution in [2.24, 2.45) is 0 Å². The molecule has 0 aromatic heterocycles. The van der Waals surface area contributed by atoms with Gasteiger partial charge in [0.15, 0.2) is 16.8 Å². The molecule has 2 saturated heterocycles. The maximum absolute atomic E-state index is 13.1. The topological polar surface area (TPSA) is 108 Å². The Balaban J connectivity index is 1.72. The predicted molar refractivity (Wildman–Crippen MR) is 120 cm³/mol. The van der Waals surface area contributed by atoms with Crippen LogP contribution in [0.15, 0.2) is 18.2 Å². The highest BCUT2D eigenvalue weighted by Gasteiger charge is 2.73. The van der Waals surface area contributed by atoms with Gasteiger partial charge in [-0.2, -0.15) is 0 Å². The summed E-state index contributed by atoms with van der Waals surface area (Å²) in [6.45, 7) is 8.97. The maximum Gasteiger partial charge on any atom is 0.321 e. The van der Waals surface area contributed by atoms with Gasteiger partial charge in [0.25, 0.3) is 5.91 Å². The van der Waals surface area contributed by atoms with E-state index in [1.807, 2.05) is 19.6 Å². The summed E-state index contributed by atoms with van der Waals surface area (Å²) in [5.74, 6) is -0.828. The van der Waals surface area contributed by atoms with Crippen LogP contribution in [0.2, 0.25) is 24.7 Å². The molecule has 0 saturated carbocycles. The van der Waals surface area contributed by atoms with Crippen molar-refractivity contribution in [3.8, 4) is 5.75 Å². The normalized spacial score (nSPS) is 26.7. The number of carbonyl (C=O) groups is 3. The first-order valence-electron chi connectivity index (χ1n) is 9.85. The summed E-state index contributed by atoms with van der Waals surface area (Å²) in [6, 6.07) is 3.07. The largest absolute Gasteiger partial charge is 0.614 e. The van der Waals surface area contributed by atoms with Crippen molar-refractivity contribution < 1.29 is 28.1 Å². The Hall–Kier alpha value is -1.75. The predicted octanol–water partition coefficient (Wildman–Crippen LogP) is 1.83. The van der Waals surface area contributed by atoms with Crippen LogP contribution in [0.25, 0.3) is 0 Å². The van der Waals surface area contributed by atoms with Crippen molar-refractivity contribution in [2.45, 2.75) is 62.1 Å². The van der Waals surface area contributed by atoms with Gasteiger partial charge >= 0.3 is 5.97 Å². The van der Waals surface area contributed by atoms with Gasteiger partial charge in [-0.15, -0.1) is 0 Å². The molecule has 0 bridgehead atoms. The molecule has 0 radical (unpaired) electrons. The van der Waals surface area contributed by atoms with Gasteiger partial charge < -0.3 is 19.0 Å². The van der Waals surface area contributed by atoms with Gasteiger partial charge in [-0.1, -0.05) is 17.7 Å². The number of halogens is 1. The number of β-lactam (4-membered cyclic amide) rings is 1. The van der Waals surface area contributed by atoms with Crippen molar-refractivity contribution in [2.75, 3.05) is 7.11 Å². The smallest absolute Gasteiger partial charge is 0.321 e. The number of nitrogens with zero attached hydrogens (tertiary/aromatic N) is 1. The summed E-state index contributed by atoms with van der Waals surface area (Å²) in [5, 5.41) is 2.27. The summed E-state index contributed by atoms with van der Waals surface area (Å²) < 4.78 is 22.8. The number of amides is 2. The fourth-order valence-corrected chi connectivity index (χ4v) is 6.70. The van der Waals surface area contributed by atoms with Crippen molar-refractivity contribution in [1.29, 1.82) is 0 Å². The molecule has 0 aliphatic carbocycles. The Bertz CT molecular complexity index is 921. The highest BCUT2D eigenvalue weighted by atomic mass is 35.5. The molecule has 31 heavy (non-hydrogen) atoms. The van der Waals surface area contributed by atoms with Crippen LogP contribution in [0.3, 0.4) is 0 Å². The van der Waals surface area contributed by atoms with Crippen LogP contribution in [-0.4, -0.2) is 64.9 Å². The average molecular weight is 487 g/mol. The molecule has 11 heteroatoms. The summed E-state index contributed by atoms with van der Waals surface area (Å²) >= 11 is 4.63. The molecule has 8 nitrogen and oxygen atoms in total. The van der Waals surface area contributed by atoms with E-state index in [0.29, 0.717) is 16.3 Å². The Morgan fingerprint density at radius 1 is 1.32 bits per heavy atom. The van der Waals surface area contributed by atoms with E-state index in [-0.39, 0.29) is 6.42 Å². The molecule has 2 aliphatic heterocycles. The molecule has 170 valence electrons. The average Bonchev–Trinajstić information content (AvgIpc) is 2.84. The standard InChI is InChI=1S/C20H27ClN2O6SSi/c1-20(2)16(19(26)29-31(4,5)6)23-17(25)15(18(23)30(20)27)22-14(24)9-11-7-8-12(28-3)10-13(11)21/h7-8,10,15-16,18H,9H2,1-6H3,(H,22,24)/t15-,16+,18-,30-/m1/s1. The lowest BCUT2D eigenvalue weighted by Crippen LogP contribution is -2.72. The van der Waals surface area contributed by atoms with Gasteiger partial charge in [-0.3, -0.25) is 19.3 Å². The van der Waals surface area contributed by atoms with E-state index in [0.717, 1.165) is 0 Å². The zero-order chi connectivity index (χ0) is 23.3. The molecule has 1 aromatic carbocycles. The Morgan fingerprint density at radius 2 is 1.97 bits per heavy atom. The number of fused-ring (bicyclic) bond motifs is 1. The molecule has 2 aliphatic rings. The first kappa shape index (κ1) is 23.9. The third kappa shape index (κ3) is 4.43. The zero-order valence-electron chi connectivity index (χ0n) is 18.4. The van der Waals surface area contributed by atoms with Crippen LogP contribution in [0.5, 0.6) is 5.75 Å². The van der Waals surface area contributed by atoms with E-state index < -0.39 is 59.5 Å². The summed E-state index contributed by atoms with van der Waals surface area (Å²) in [6.07, 6.45) is -0.0452. The van der Waals surface area contributed by atoms with Gasteiger partial charge in [0.2, 0.25) is 19.6 Å². The molecule has 1 aromatic rings. The lowest BCUT2D eigenvalue weighted by Gasteiger charge is -2.41. The van der Waals surface area contributed by atoms with Crippen LogP contribution in [0, 0.1) is 0 Å². The van der Waals surface area contributed by atoms with E-state index in [2.05, 4.69) is 5.32 Å². The van der Waals surface area contributed by atoms with Crippen LogP contribution in [0.1, 0.15) is 19.4 Å². The minimum atomic E-state index is -2.20. The fraction of sp³-hybridized carbons (Fsp3) is 0.550. The molecule has 2 heterocycles. The minimum Gasteiger partial charge on any atom is -0.614 e. The number of hydrogen-bond donors (Lipinski definition) is 1. The Morgan fingerprint density at radius 3 is 2.52 bits per heavy atom. The summed E-state index contributed by atoms with van der Waals surface area (Å²) in [7, 11) is -0.683. The SMILES string of the molecule is COc1ccc(CC(=O)N[C@@H]2C(=O)N3[C@@H]2[S@@+]([O-])C(C)(C)[C@@H]3C(=O)O[Si](C)(C)C)c(Cl)c1. The molecule has 0 spiro atoms. The van der Waals surface area contributed by atoms with Crippen LogP contribution in [0.4, 0.5) is 0 Å². The Kier molecular flexibility index (Phi) is 6.40. The van der Waals surface area contributed by atoms with Gasteiger partial charge in [-0.25, -0.2) is 0 Å². The lowest BCUT2D eigenvalue weighted by atomic mass is 9.96. The summed E-state index contributed by atoms with van der Waals surface area (Å²) in [4.78, 5) is 39.5. The monoisotopic (exact) mass is 486 g/mol. The number of ether oxygens (including phenoxy) is 1. The van der Waals surface area contributed by atoms with Crippen LogP contribution in [-0.2, 0) is 36.4 Å². The van der Waals surface area contributed by atoms with E-state index in [4.69, 9.17) is 20.8 Å². The maximum atomic E-state index is 13.1. The Labute approximate surface area is 190 Å². The molecule has 3 rings (SSSR count). The first-order chi connectivity index (χ1) is 14.3. The molecule has 4 atom stereocenters. The second-order valence-electron chi connectivity index (χ2n) is 9.15. The van der Waals surface area contributed by atoms with Crippen molar-refractivity contribution >= 4 is 48.9 Å². The number of hydrogen-bond acceptors (Lipinski definition) is 6. The third-order valence-electron chi connectivity index (χ3n) is 5.31. The number of rotatable bonds is 6. The molecule has 1 N–H and O–H groups in total. The van der Waals surface area contributed by atoms with Crippen LogP contribution < -0.4 is 10.1 Å². The van der Waals surface area contributed by atoms with Crippen molar-refractivity contribution in [3.63, 3.8) is 0 Å². The van der Waals surface area contributed by atoms with Gasteiger partial charge in [0.05, 0.1) is 13.5 Å². The van der Waals surface area contributed by atoms with E-state index >= 15 is 0 Å². The second kappa shape index (κ2) is 8.31. The number of methoxy groups -OCH3 is 1. The van der Waals surface area contributed by atoms with Gasteiger partial charge in [0.1, 0.15) is 5.75 Å². The molecule has 0 unspecified atom stereocenters. The first-order valence-corrected chi connectivity index (χ1v) is 14.9. The van der Waals surface area contributed by atoms with Crippen LogP contribution >= 0.6 is 11.6 Å². The third-order valence-corrected chi connectivity index (χ3v) is 8.68. The lowest BCUT2D eigenvalue weighted by molar-refractivity contribution is -0.160. The van der Waals surface area contributed by atoms with E-state index in [9.17, 15) is 18.9 Å². The quantitative estimate of drug-likeness (QED) is 0.373. The number of carbonyl (C=O) groups excluding carboxylic acids is 3. The van der Waals surface area contributed by atoms with E-state index in [1.54, 1.807) is 32.0 Å². The highest BCUT2D eigenvalue weighted by Crippen LogP contribution is 2.46. The fourth-order valence-electron chi connectivity index (χ4n) is 3.83. The molecular weight excluding hydrogens is 460 g/mol. The molecular formula is C20H27ClN2O6SSi. The van der Waals surface area contributed by atoms with E-state index in [1.165, 1.54) is 12.0 Å². The zero-order valence-corrected chi connectivity index (χ0v) is 20.9. The highest BCUT2D eigenvalue weighted by molar-refractivity contribution is 7.94. The summed E-state index contributed by atoms with van der Waals surface area (Å²) in [5.41, 5.74) is 0.577. The second-order valence-corrected chi connectivity index (χ2v) is 16.1. The van der Waals surface area contributed by atoms with Gasteiger partial charge in [0, 0.05) is 5.02 Å². The molecule has 2 fully saturated rings. The van der Waals surface area contributed by atoms with Crippen molar-refractivity contribution in [1.82, 2.24) is 10.2 Å². The number of benzene rings is 1. The molecule has 2 amide bonds. The van der Waals surface area contributed by atoms with Gasteiger partial charge in [-0.05, 0) is 62.4 Å². The number of nitrogens with one attached hydrogen (secondary N) is 1. The minimum absolute atomic E-state index is 0.0452. The van der Waals surface area contributed by atoms with Crippen molar-refractivity contribution in [3.05, 3.63) is 28.8 Å².